The molecule has 2 aromatic rings. The van der Waals surface area contributed by atoms with Crippen LogP contribution in [0.1, 0.15) is 35.3 Å². The van der Waals surface area contributed by atoms with Gasteiger partial charge in [0.15, 0.2) is 0 Å². The lowest BCUT2D eigenvalue weighted by Gasteiger charge is -2.08. The van der Waals surface area contributed by atoms with E-state index in [9.17, 15) is 4.79 Å². The number of benzene rings is 1. The first-order valence-electron chi connectivity index (χ1n) is 6.74. The molecule has 0 bridgehead atoms. The summed E-state index contributed by atoms with van der Waals surface area (Å²) in [5.74, 6) is -0.0799. The van der Waals surface area contributed by atoms with Crippen LogP contribution in [0.5, 0.6) is 0 Å². The van der Waals surface area contributed by atoms with Crippen molar-refractivity contribution >= 4 is 16.8 Å². The van der Waals surface area contributed by atoms with Gasteiger partial charge < -0.3 is 5.32 Å². The molecule has 102 valence electrons. The van der Waals surface area contributed by atoms with Crippen molar-refractivity contribution in [1.29, 1.82) is 5.26 Å². The molecule has 4 heteroatoms. The Bertz CT molecular complexity index is 658. The Hall–Kier alpha value is -2.41. The number of para-hydroxylation sites is 1. The minimum absolute atomic E-state index is 0.0799. The van der Waals surface area contributed by atoms with Crippen molar-refractivity contribution in [2.24, 2.45) is 0 Å². The normalized spacial score (nSPS) is 10.2. The number of unbranched alkanes of at least 4 members (excludes halogenated alkanes) is 2. The van der Waals surface area contributed by atoms with Crippen LogP contribution in [0.2, 0.25) is 0 Å². The number of aromatic nitrogens is 1. The fourth-order valence-electron chi connectivity index (χ4n) is 2.12. The summed E-state index contributed by atoms with van der Waals surface area (Å²) < 4.78 is 0. The third kappa shape index (κ3) is 3.33. The highest BCUT2D eigenvalue weighted by atomic mass is 16.1. The van der Waals surface area contributed by atoms with Gasteiger partial charge in [-0.3, -0.25) is 9.78 Å². The van der Waals surface area contributed by atoms with Gasteiger partial charge >= 0.3 is 0 Å². The van der Waals surface area contributed by atoms with Gasteiger partial charge in [-0.25, -0.2) is 0 Å². The predicted octanol–water partition coefficient (Wildman–Crippen LogP) is 2.97. The van der Waals surface area contributed by atoms with E-state index in [1.54, 1.807) is 0 Å². The van der Waals surface area contributed by atoms with Gasteiger partial charge in [0.25, 0.3) is 5.91 Å². The Kier molecular flexibility index (Phi) is 4.67. The monoisotopic (exact) mass is 267 g/mol. The van der Waals surface area contributed by atoms with E-state index in [2.05, 4.69) is 16.4 Å². The Morgan fingerprint density at radius 3 is 2.95 bits per heavy atom. The number of nitriles is 1. The van der Waals surface area contributed by atoms with E-state index in [1.807, 2.05) is 37.3 Å². The third-order valence-electron chi connectivity index (χ3n) is 3.09. The molecule has 0 unspecified atom stereocenters. The molecule has 0 saturated heterocycles. The van der Waals surface area contributed by atoms with Gasteiger partial charge in [0.2, 0.25) is 0 Å². The third-order valence-corrected chi connectivity index (χ3v) is 3.09. The van der Waals surface area contributed by atoms with E-state index in [1.165, 1.54) is 0 Å². The zero-order chi connectivity index (χ0) is 14.4. The number of pyridine rings is 1. The molecule has 1 N–H and O–H groups in total. The second kappa shape index (κ2) is 6.67. The summed E-state index contributed by atoms with van der Waals surface area (Å²) in [6, 6.07) is 11.5. The first-order valence-corrected chi connectivity index (χ1v) is 6.74. The number of carbonyl (C=O) groups excluding carboxylic acids is 1. The molecule has 1 amide bonds. The summed E-state index contributed by atoms with van der Waals surface area (Å²) in [7, 11) is 0. The van der Waals surface area contributed by atoms with Crippen molar-refractivity contribution in [3.8, 4) is 6.07 Å². The standard InChI is InChI=1S/C16H17N3O/c1-12-11-14(13-7-3-4-8-15(13)19-12)16(20)18-10-6-2-5-9-17/h3-4,7-8,11H,2,5-6,10H2,1H3,(H,18,20). The fourth-order valence-corrected chi connectivity index (χ4v) is 2.12. The van der Waals surface area contributed by atoms with Crippen LogP contribution in [0.4, 0.5) is 0 Å². The van der Waals surface area contributed by atoms with Crippen molar-refractivity contribution in [3.63, 3.8) is 0 Å². The first-order chi connectivity index (χ1) is 9.72. The van der Waals surface area contributed by atoms with E-state index >= 15 is 0 Å². The second-order valence-corrected chi connectivity index (χ2v) is 4.70. The lowest BCUT2D eigenvalue weighted by molar-refractivity contribution is 0.0954. The van der Waals surface area contributed by atoms with Crippen LogP contribution in [0.25, 0.3) is 10.9 Å². The molecule has 0 aliphatic rings. The average molecular weight is 267 g/mol. The smallest absolute Gasteiger partial charge is 0.252 e. The molecule has 0 aliphatic heterocycles. The molecule has 0 fully saturated rings. The molecule has 20 heavy (non-hydrogen) atoms. The quantitative estimate of drug-likeness (QED) is 0.847. The molecule has 0 aliphatic carbocycles. The Labute approximate surface area is 118 Å². The molecule has 1 heterocycles. The number of nitrogens with zero attached hydrogens (tertiary/aromatic N) is 2. The first kappa shape index (κ1) is 14.0. The van der Waals surface area contributed by atoms with Crippen LogP contribution in [-0.4, -0.2) is 17.4 Å². The lowest BCUT2D eigenvalue weighted by atomic mass is 10.1. The van der Waals surface area contributed by atoms with Crippen molar-refractivity contribution in [2.75, 3.05) is 6.54 Å². The molecule has 4 nitrogen and oxygen atoms in total. The van der Waals surface area contributed by atoms with Crippen molar-refractivity contribution < 1.29 is 4.79 Å². The molecule has 0 saturated carbocycles. The summed E-state index contributed by atoms with van der Waals surface area (Å²) in [5.41, 5.74) is 2.33. The topological polar surface area (TPSA) is 65.8 Å². The highest BCUT2D eigenvalue weighted by molar-refractivity contribution is 6.06. The van der Waals surface area contributed by atoms with E-state index in [0.717, 1.165) is 29.4 Å². The summed E-state index contributed by atoms with van der Waals surface area (Å²) >= 11 is 0. The summed E-state index contributed by atoms with van der Waals surface area (Å²) in [5, 5.41) is 12.2. The summed E-state index contributed by atoms with van der Waals surface area (Å²) in [6.45, 7) is 2.48. The maximum atomic E-state index is 12.2. The van der Waals surface area contributed by atoms with Crippen LogP contribution in [0.15, 0.2) is 30.3 Å². The van der Waals surface area contributed by atoms with Crippen LogP contribution in [0.3, 0.4) is 0 Å². The number of hydrogen-bond donors (Lipinski definition) is 1. The van der Waals surface area contributed by atoms with E-state index in [4.69, 9.17) is 5.26 Å². The van der Waals surface area contributed by atoms with Gasteiger partial charge in [-0.1, -0.05) is 18.2 Å². The van der Waals surface area contributed by atoms with Gasteiger partial charge in [0.05, 0.1) is 17.1 Å². The van der Waals surface area contributed by atoms with Gasteiger partial charge in [0.1, 0.15) is 0 Å². The summed E-state index contributed by atoms with van der Waals surface area (Å²) in [4.78, 5) is 16.7. The van der Waals surface area contributed by atoms with Crippen LogP contribution in [0, 0.1) is 18.3 Å². The number of aryl methyl sites for hydroxylation is 1. The number of nitrogens with one attached hydrogen (secondary N) is 1. The number of carbonyl (C=O) groups is 1. The molecule has 0 atom stereocenters. The zero-order valence-corrected chi connectivity index (χ0v) is 11.5. The lowest BCUT2D eigenvalue weighted by Crippen LogP contribution is -2.24. The second-order valence-electron chi connectivity index (χ2n) is 4.70. The Balaban J connectivity index is 2.12. The van der Waals surface area contributed by atoms with Crippen molar-refractivity contribution in [2.45, 2.75) is 26.2 Å². The maximum Gasteiger partial charge on any atom is 0.252 e. The van der Waals surface area contributed by atoms with Gasteiger partial charge in [-0.2, -0.15) is 5.26 Å². The van der Waals surface area contributed by atoms with Crippen LogP contribution < -0.4 is 5.32 Å². The Morgan fingerprint density at radius 2 is 2.15 bits per heavy atom. The number of hydrogen-bond acceptors (Lipinski definition) is 3. The van der Waals surface area contributed by atoms with E-state index in [-0.39, 0.29) is 5.91 Å². The molecule has 1 aromatic heterocycles. The summed E-state index contributed by atoms with van der Waals surface area (Å²) in [6.07, 6.45) is 2.17. The molecular formula is C16H17N3O. The maximum absolute atomic E-state index is 12.2. The Morgan fingerprint density at radius 1 is 1.35 bits per heavy atom. The molecule has 0 radical (unpaired) electrons. The highest BCUT2D eigenvalue weighted by Crippen LogP contribution is 2.18. The van der Waals surface area contributed by atoms with Gasteiger partial charge in [-0.15, -0.1) is 0 Å². The van der Waals surface area contributed by atoms with Gasteiger partial charge in [0, 0.05) is 24.0 Å². The SMILES string of the molecule is Cc1cc(C(=O)NCCCCC#N)c2ccccc2n1. The average Bonchev–Trinajstić information content (AvgIpc) is 2.46. The van der Waals surface area contributed by atoms with E-state index in [0.29, 0.717) is 18.5 Å². The molecule has 0 spiro atoms. The van der Waals surface area contributed by atoms with Gasteiger partial charge in [-0.05, 0) is 31.9 Å². The van der Waals surface area contributed by atoms with Crippen LogP contribution >= 0.6 is 0 Å². The zero-order valence-electron chi connectivity index (χ0n) is 11.5. The number of amides is 1. The van der Waals surface area contributed by atoms with Crippen molar-refractivity contribution in [1.82, 2.24) is 10.3 Å². The molecule has 2 rings (SSSR count). The van der Waals surface area contributed by atoms with E-state index < -0.39 is 0 Å². The minimum atomic E-state index is -0.0799. The number of rotatable bonds is 5. The largest absolute Gasteiger partial charge is 0.352 e. The fraction of sp³-hybridized carbons (Fsp3) is 0.312. The molecule has 1 aromatic carbocycles. The predicted molar refractivity (Wildman–Crippen MR) is 78.3 cm³/mol. The minimum Gasteiger partial charge on any atom is -0.352 e. The molecular weight excluding hydrogens is 250 g/mol. The van der Waals surface area contributed by atoms with Crippen LogP contribution in [-0.2, 0) is 0 Å². The number of fused-ring (bicyclic) bond motifs is 1. The van der Waals surface area contributed by atoms with Crippen molar-refractivity contribution in [3.05, 3.63) is 41.6 Å². The highest BCUT2D eigenvalue weighted by Gasteiger charge is 2.10.